The molecule has 0 heterocycles. The van der Waals surface area contributed by atoms with Gasteiger partial charge in [-0.05, 0) is 40.4 Å². The van der Waals surface area contributed by atoms with Gasteiger partial charge in [-0.2, -0.15) is 37.3 Å². The Balaban J connectivity index is 0.000000223. The molecule has 6 rings (SSSR count). The molecular formula is C34H35N5O11S3. The fourth-order valence-corrected chi connectivity index (χ4v) is 6.60. The van der Waals surface area contributed by atoms with Gasteiger partial charge < -0.3 is 15.9 Å². The van der Waals surface area contributed by atoms with Crippen LogP contribution in [0.2, 0.25) is 0 Å². The first-order chi connectivity index (χ1) is 25.2. The molecule has 280 valence electrons. The average Bonchev–Trinajstić information content (AvgIpc) is 3.13. The van der Waals surface area contributed by atoms with Gasteiger partial charge >= 0.3 is 0 Å². The molecule has 0 atom stereocenters. The van der Waals surface area contributed by atoms with E-state index in [1.807, 2.05) is 13.8 Å². The zero-order chi connectivity index (χ0) is 39.3. The number of anilines is 1. The van der Waals surface area contributed by atoms with Gasteiger partial charge in [0, 0.05) is 29.8 Å². The summed E-state index contributed by atoms with van der Waals surface area (Å²) in [5, 5.41) is 49.3. The molecule has 7 N–H and O–H groups in total. The molecule has 6 aromatic carbocycles. The van der Waals surface area contributed by atoms with Crippen molar-refractivity contribution in [1.82, 2.24) is 0 Å². The van der Waals surface area contributed by atoms with Crippen LogP contribution in [0.25, 0.3) is 32.3 Å². The van der Waals surface area contributed by atoms with Gasteiger partial charge in [-0.25, -0.2) is 5.26 Å². The molecular weight excluding hydrogens is 751 g/mol. The Hall–Kier alpha value is -5.25. The van der Waals surface area contributed by atoms with Gasteiger partial charge in [0.2, 0.25) is 0 Å². The van der Waals surface area contributed by atoms with Crippen molar-refractivity contribution in [3.63, 3.8) is 0 Å². The summed E-state index contributed by atoms with van der Waals surface area (Å²) in [6.45, 7) is 4.00. The number of nitrogen functional groups attached to an aromatic ring is 1. The zero-order valence-electron chi connectivity index (χ0n) is 28.5. The van der Waals surface area contributed by atoms with E-state index >= 15 is 0 Å². The van der Waals surface area contributed by atoms with Crippen molar-refractivity contribution in [2.75, 3.05) is 19.8 Å². The first-order valence-corrected chi connectivity index (χ1v) is 18.8. The van der Waals surface area contributed by atoms with E-state index < -0.39 is 30.0 Å². The molecule has 0 saturated carbocycles. The molecule has 0 saturated heterocycles. The van der Waals surface area contributed by atoms with E-state index in [-0.39, 0.29) is 44.2 Å². The number of nitrogens with zero attached hydrogens (tertiary/aromatic N) is 4. The van der Waals surface area contributed by atoms with E-state index in [0.717, 1.165) is 6.07 Å². The monoisotopic (exact) mass is 785 g/mol. The largest absolute Gasteiger partial charge is 0.507 e. The Morgan fingerprint density at radius 1 is 0.679 bits per heavy atom. The maximum absolute atomic E-state index is 11.6. The summed E-state index contributed by atoms with van der Waals surface area (Å²) in [7, 11) is -6.44. The standard InChI is InChI=1S/C11H11N3O7S2.C11H10N2O4S.C10H8.C2H6/c1-13-14-7-4-9(23(17,18)19)6-2-5(22-21-20-16)3-8(15)10(6)11(7)12;1-12-13-10-9(18(15,16)17)6-7-4-2-3-5-8(7)11(10)14;1-2-6-10-8-4-3-7-9(10)5-1;1-2/h2-4,15-16H,12H2,1H3,(H,17,18,19);2-6,14H,1H3,(H,15,16,17);1-8H;1-2H3. The lowest BCUT2D eigenvalue weighted by molar-refractivity contribution is -0.432. The second-order valence-electron chi connectivity index (χ2n) is 10.1. The number of fused-ring (bicyclic) bond motifs is 3. The topological polar surface area (TPSA) is 263 Å². The maximum Gasteiger partial charge on any atom is 0.296 e. The number of nitrogens with two attached hydrogens (primary N) is 1. The molecule has 0 fully saturated rings. The van der Waals surface area contributed by atoms with E-state index in [1.54, 1.807) is 24.3 Å². The normalized spacial score (nSPS) is 11.5. The van der Waals surface area contributed by atoms with Crippen molar-refractivity contribution in [2.45, 2.75) is 28.5 Å². The predicted molar refractivity (Wildman–Crippen MR) is 202 cm³/mol. The van der Waals surface area contributed by atoms with Crippen LogP contribution in [-0.4, -0.2) is 55.5 Å². The van der Waals surface area contributed by atoms with Crippen molar-refractivity contribution in [3.05, 3.63) is 97.1 Å². The molecule has 19 heteroatoms. The molecule has 0 aliphatic rings. The number of phenolic OH excluding ortho intramolecular Hbond substituents is 2. The highest BCUT2D eigenvalue weighted by molar-refractivity contribution is 7.94. The second-order valence-corrected chi connectivity index (χ2v) is 13.6. The highest BCUT2D eigenvalue weighted by Crippen LogP contribution is 2.43. The Morgan fingerprint density at radius 2 is 1.19 bits per heavy atom. The third-order valence-corrected chi connectivity index (χ3v) is 9.23. The van der Waals surface area contributed by atoms with Crippen molar-refractivity contribution in [1.29, 1.82) is 0 Å². The van der Waals surface area contributed by atoms with Crippen LogP contribution in [0, 0.1) is 0 Å². The first kappa shape index (κ1) is 42.2. The third-order valence-electron chi connectivity index (χ3n) is 6.91. The summed E-state index contributed by atoms with van der Waals surface area (Å²) in [6.07, 6.45) is 0. The Bertz CT molecular complexity index is 2430. The van der Waals surface area contributed by atoms with Gasteiger partial charge in [-0.1, -0.05) is 91.7 Å². The van der Waals surface area contributed by atoms with Gasteiger partial charge in [-0.3, -0.25) is 9.11 Å². The average molecular weight is 786 g/mol. The van der Waals surface area contributed by atoms with Crippen molar-refractivity contribution in [2.24, 2.45) is 20.5 Å². The molecule has 53 heavy (non-hydrogen) atoms. The smallest absolute Gasteiger partial charge is 0.296 e. The van der Waals surface area contributed by atoms with Crippen molar-refractivity contribution < 1.29 is 50.8 Å². The number of rotatable bonds is 7. The minimum absolute atomic E-state index is 0.0219. The molecule has 6 aromatic rings. The molecule has 0 aliphatic heterocycles. The van der Waals surface area contributed by atoms with Gasteiger partial charge in [-0.15, -0.1) is 4.33 Å². The van der Waals surface area contributed by atoms with E-state index in [0.29, 0.717) is 22.8 Å². The van der Waals surface area contributed by atoms with Crippen LogP contribution in [0.1, 0.15) is 13.8 Å². The number of phenols is 2. The summed E-state index contributed by atoms with van der Waals surface area (Å²) >= 11 is 0.498. The molecule has 0 aliphatic carbocycles. The molecule has 0 unspecified atom stereocenters. The Morgan fingerprint density at radius 3 is 1.68 bits per heavy atom. The first-order valence-electron chi connectivity index (χ1n) is 15.2. The lowest BCUT2D eigenvalue weighted by Crippen LogP contribution is -2.01. The van der Waals surface area contributed by atoms with E-state index in [1.165, 1.54) is 43.1 Å². The SMILES string of the molecule is CC.CN=Nc1c(S(=O)(=O)O)cc2ccccc2c1O.CN=Nc1cc(S(=O)(=O)O)c2cc(SOOO)cc(O)c2c1N.c1ccc2ccccc2c1. The van der Waals surface area contributed by atoms with Gasteiger partial charge in [0.05, 0.1) is 23.1 Å². The fraction of sp³-hybridized carbons (Fsp3) is 0.118. The Kier molecular flexibility index (Phi) is 15.1. The molecule has 16 nitrogen and oxygen atoms in total. The van der Waals surface area contributed by atoms with E-state index in [4.69, 9.17) is 15.5 Å². The molecule has 0 radical (unpaired) electrons. The number of hydrogen-bond acceptors (Lipinski definition) is 15. The van der Waals surface area contributed by atoms with Gasteiger partial charge in [0.1, 0.15) is 26.9 Å². The van der Waals surface area contributed by atoms with Crippen molar-refractivity contribution >= 4 is 81.7 Å². The minimum atomic E-state index is -4.64. The molecule has 0 aromatic heterocycles. The summed E-state index contributed by atoms with van der Waals surface area (Å²) in [5.41, 5.74) is 5.56. The highest BCUT2D eigenvalue weighted by atomic mass is 32.2. The van der Waals surface area contributed by atoms with Crippen LogP contribution in [0.4, 0.5) is 17.1 Å². The van der Waals surface area contributed by atoms with E-state index in [2.05, 4.69) is 78.4 Å². The lowest BCUT2D eigenvalue weighted by atomic mass is 10.1. The summed E-state index contributed by atoms with van der Waals surface area (Å²) < 4.78 is 68.5. The van der Waals surface area contributed by atoms with Crippen LogP contribution in [0.3, 0.4) is 0 Å². The van der Waals surface area contributed by atoms with Crippen LogP contribution in [0.5, 0.6) is 11.5 Å². The Labute approximate surface area is 308 Å². The predicted octanol–water partition coefficient (Wildman–Crippen LogP) is 8.89. The minimum Gasteiger partial charge on any atom is -0.507 e. The number of aromatic hydroxyl groups is 2. The number of benzene rings is 6. The summed E-state index contributed by atoms with van der Waals surface area (Å²) in [4.78, 5) is -0.811. The van der Waals surface area contributed by atoms with Crippen LogP contribution in [0.15, 0.2) is 132 Å². The third kappa shape index (κ3) is 10.7. The van der Waals surface area contributed by atoms with Crippen LogP contribution < -0.4 is 5.73 Å². The fourth-order valence-electron chi connectivity index (χ4n) is 4.81. The van der Waals surface area contributed by atoms with Crippen LogP contribution in [-0.2, 0) is 29.6 Å². The van der Waals surface area contributed by atoms with E-state index in [9.17, 15) is 31.6 Å². The highest BCUT2D eigenvalue weighted by Gasteiger charge is 2.23. The summed E-state index contributed by atoms with van der Waals surface area (Å²) in [6, 6.07) is 28.1. The van der Waals surface area contributed by atoms with Gasteiger partial charge in [0.15, 0.2) is 5.75 Å². The molecule has 0 spiro atoms. The lowest BCUT2D eigenvalue weighted by Gasteiger charge is -2.12. The number of hydrogen-bond donors (Lipinski definition) is 6. The van der Waals surface area contributed by atoms with Gasteiger partial charge in [0.25, 0.3) is 20.2 Å². The summed E-state index contributed by atoms with van der Waals surface area (Å²) in [5.74, 6) is -0.714. The molecule has 0 bridgehead atoms. The zero-order valence-corrected chi connectivity index (χ0v) is 31.0. The van der Waals surface area contributed by atoms with Crippen molar-refractivity contribution in [3.8, 4) is 11.5 Å². The second kappa shape index (κ2) is 19.0. The maximum atomic E-state index is 11.6. The molecule has 0 amide bonds. The van der Waals surface area contributed by atoms with Crippen LogP contribution >= 0.6 is 12.0 Å². The number of azo groups is 2. The quantitative estimate of drug-likeness (QED) is 0.0221.